The smallest absolute Gasteiger partial charge is 0.329 e. The van der Waals surface area contributed by atoms with E-state index in [4.69, 9.17) is 15.7 Å². The molecule has 15 nitrogen and oxygen atoms in total. The van der Waals surface area contributed by atoms with Crippen molar-refractivity contribution in [2.45, 2.75) is 76.4 Å². The number of nitrogens with one attached hydrogen (secondary N) is 1. The molecule has 2 amide bonds. The summed E-state index contributed by atoms with van der Waals surface area (Å²) >= 11 is 0. The molecule has 56 heavy (non-hydrogen) atoms. The third-order valence-corrected chi connectivity index (χ3v) is 11.7. The van der Waals surface area contributed by atoms with Crippen LogP contribution in [-0.2, 0) is 23.1 Å². The number of nitrogen functional groups attached to an aromatic ring is 1. The Hall–Kier alpha value is -5.83. The lowest BCUT2D eigenvalue weighted by atomic mass is 9.95. The SMILES string of the molecule is CC1CN(c2cc(-c3ccccc3O)nnc2N)CC(C)N1c1ccnc(C2CCN(CCCc3ccc4c(c3)n(C)c(=O)n4C3CCC(=O)NC3=O)CC2)n1. The van der Waals surface area contributed by atoms with Gasteiger partial charge in [0.25, 0.3) is 0 Å². The zero-order valence-electron chi connectivity index (χ0n) is 32.1. The molecule has 292 valence electrons. The largest absolute Gasteiger partial charge is 0.507 e. The predicted octanol–water partition coefficient (Wildman–Crippen LogP) is 3.77. The highest BCUT2D eigenvalue weighted by atomic mass is 16.3. The Morgan fingerprint density at radius 2 is 1.70 bits per heavy atom. The van der Waals surface area contributed by atoms with Crippen molar-refractivity contribution in [1.29, 1.82) is 0 Å². The Morgan fingerprint density at radius 3 is 2.45 bits per heavy atom. The van der Waals surface area contributed by atoms with Crippen molar-refractivity contribution in [3.63, 3.8) is 0 Å². The van der Waals surface area contributed by atoms with Crippen molar-refractivity contribution >= 4 is 40.2 Å². The quantitative estimate of drug-likeness (QED) is 0.186. The maximum absolute atomic E-state index is 13.2. The molecule has 5 aromatic rings. The van der Waals surface area contributed by atoms with Crippen LogP contribution in [0.4, 0.5) is 17.3 Å². The molecule has 4 N–H and O–H groups in total. The molecule has 6 heterocycles. The molecule has 0 bridgehead atoms. The fourth-order valence-electron chi connectivity index (χ4n) is 8.86. The number of hydrogen-bond acceptors (Lipinski definition) is 12. The van der Waals surface area contributed by atoms with E-state index >= 15 is 0 Å². The summed E-state index contributed by atoms with van der Waals surface area (Å²) in [7, 11) is 1.73. The molecule has 0 saturated carbocycles. The Bertz CT molecular complexity index is 2320. The van der Waals surface area contributed by atoms with Gasteiger partial charge in [-0.2, -0.15) is 0 Å². The van der Waals surface area contributed by atoms with Crippen LogP contribution in [0.1, 0.15) is 69.3 Å². The summed E-state index contributed by atoms with van der Waals surface area (Å²) in [5, 5.41) is 21.3. The number of benzene rings is 2. The number of fused-ring (bicyclic) bond motifs is 1. The van der Waals surface area contributed by atoms with E-state index in [1.54, 1.807) is 23.7 Å². The van der Waals surface area contributed by atoms with Crippen LogP contribution in [0.2, 0.25) is 0 Å². The van der Waals surface area contributed by atoms with Gasteiger partial charge in [-0.1, -0.05) is 18.2 Å². The van der Waals surface area contributed by atoms with Crippen molar-refractivity contribution in [2.24, 2.45) is 7.05 Å². The van der Waals surface area contributed by atoms with Crippen LogP contribution in [0.5, 0.6) is 5.75 Å². The zero-order valence-corrected chi connectivity index (χ0v) is 32.1. The van der Waals surface area contributed by atoms with Crippen molar-refractivity contribution in [3.05, 3.63) is 82.7 Å². The second kappa shape index (κ2) is 15.4. The van der Waals surface area contributed by atoms with Crippen molar-refractivity contribution < 1.29 is 14.7 Å². The first-order chi connectivity index (χ1) is 27.0. The number of nitrogens with two attached hydrogens (primary N) is 1. The van der Waals surface area contributed by atoms with E-state index in [2.05, 4.69) is 50.1 Å². The minimum Gasteiger partial charge on any atom is -0.507 e. The number of aryl methyl sites for hydroxylation is 2. The van der Waals surface area contributed by atoms with E-state index < -0.39 is 11.9 Å². The second-order valence-electron chi connectivity index (χ2n) is 15.5. The maximum Gasteiger partial charge on any atom is 0.329 e. The molecule has 3 saturated heterocycles. The van der Waals surface area contributed by atoms with Crippen molar-refractivity contribution in [2.75, 3.05) is 48.3 Å². The molecule has 15 heteroatoms. The molecule has 3 aromatic heterocycles. The van der Waals surface area contributed by atoms with Gasteiger partial charge in [0.2, 0.25) is 11.8 Å². The summed E-state index contributed by atoms with van der Waals surface area (Å²) in [6.45, 7) is 8.79. The molecular weight excluding hydrogens is 711 g/mol. The number of carbonyl (C=O) groups excluding carboxylic acids is 2. The predicted molar refractivity (Wildman–Crippen MR) is 215 cm³/mol. The Morgan fingerprint density at radius 1 is 0.929 bits per heavy atom. The fourth-order valence-corrected chi connectivity index (χ4v) is 8.86. The van der Waals surface area contributed by atoms with Crippen LogP contribution in [0.25, 0.3) is 22.3 Å². The van der Waals surface area contributed by atoms with E-state index in [9.17, 15) is 19.5 Å². The zero-order chi connectivity index (χ0) is 39.1. The molecule has 3 aliphatic heterocycles. The molecular formula is C41H49N11O4. The number of phenols is 1. The minimum atomic E-state index is -0.683. The van der Waals surface area contributed by atoms with Gasteiger partial charge in [0, 0.05) is 56.3 Å². The van der Waals surface area contributed by atoms with Gasteiger partial charge in [0.1, 0.15) is 23.4 Å². The molecule has 8 rings (SSSR count). The Balaban J connectivity index is 0.860. The number of imidazole rings is 1. The number of hydrogen-bond donors (Lipinski definition) is 3. The molecule has 0 radical (unpaired) electrons. The summed E-state index contributed by atoms with van der Waals surface area (Å²) in [5.41, 5.74) is 10.8. The third-order valence-electron chi connectivity index (χ3n) is 11.7. The Kier molecular flexibility index (Phi) is 10.2. The van der Waals surface area contributed by atoms with Gasteiger partial charge in [-0.05, 0) is 108 Å². The summed E-state index contributed by atoms with van der Waals surface area (Å²) in [6.07, 6.45) is 6.30. The van der Waals surface area contributed by atoms with Crippen LogP contribution in [-0.4, -0.2) is 95.9 Å². The van der Waals surface area contributed by atoms with E-state index in [1.165, 1.54) is 4.57 Å². The number of amides is 2. The van der Waals surface area contributed by atoms with Gasteiger partial charge >= 0.3 is 5.69 Å². The summed E-state index contributed by atoms with van der Waals surface area (Å²) < 4.78 is 3.12. The lowest BCUT2D eigenvalue weighted by molar-refractivity contribution is -0.135. The summed E-state index contributed by atoms with van der Waals surface area (Å²) in [6, 6.07) is 16.7. The number of aromatic hydroxyl groups is 1. The maximum atomic E-state index is 13.2. The van der Waals surface area contributed by atoms with E-state index in [-0.39, 0.29) is 35.9 Å². The monoisotopic (exact) mass is 759 g/mol. The van der Waals surface area contributed by atoms with Crippen LogP contribution >= 0.6 is 0 Å². The topological polar surface area (TPSA) is 181 Å². The lowest BCUT2D eigenvalue weighted by Crippen LogP contribution is -2.57. The molecule has 0 spiro atoms. The minimum absolute atomic E-state index is 0.139. The average Bonchev–Trinajstić information content (AvgIpc) is 3.43. The van der Waals surface area contributed by atoms with Crippen LogP contribution in [0.3, 0.4) is 0 Å². The number of para-hydroxylation sites is 1. The first-order valence-corrected chi connectivity index (χ1v) is 19.6. The fraction of sp³-hybridized carbons (Fsp3) is 0.439. The molecule has 0 aliphatic carbocycles. The number of imide groups is 1. The number of piperazine rings is 1. The van der Waals surface area contributed by atoms with E-state index in [0.717, 1.165) is 86.8 Å². The number of phenolic OH excluding ortho intramolecular Hbond substituents is 1. The van der Waals surface area contributed by atoms with Gasteiger partial charge < -0.3 is 25.5 Å². The number of likely N-dealkylation sites (tertiary alicyclic amines) is 1. The number of aromatic nitrogens is 6. The van der Waals surface area contributed by atoms with Gasteiger partial charge in [0.15, 0.2) is 5.82 Å². The molecule has 3 fully saturated rings. The lowest BCUT2D eigenvalue weighted by Gasteiger charge is -2.46. The highest BCUT2D eigenvalue weighted by Crippen LogP contribution is 2.35. The van der Waals surface area contributed by atoms with Crippen LogP contribution in [0, 0.1) is 0 Å². The molecule has 2 aromatic carbocycles. The highest BCUT2D eigenvalue weighted by Gasteiger charge is 2.34. The number of nitrogens with zero attached hydrogens (tertiary/aromatic N) is 9. The van der Waals surface area contributed by atoms with Crippen LogP contribution in [0.15, 0.2) is 65.6 Å². The first-order valence-electron chi connectivity index (χ1n) is 19.6. The standard InChI is InChI=1S/C41H49N11O4/c1-25-23-50(34-22-30(46-47-38(34)42)29-8-4-5-9-35(29)53)24-26(2)51(25)36-14-17-43-39(44-36)28-15-19-49(20-16-28)18-6-7-27-10-11-31-33(21-27)48(3)41(56)52(31)32-12-13-37(54)45-40(32)55/h4-5,8-11,14,17,21-22,25-26,28,32,53H,6-7,12-13,15-16,18-20,23-24H2,1-3H3,(H2,42,47)(H,45,54,55). The first kappa shape index (κ1) is 37.1. The van der Waals surface area contributed by atoms with E-state index in [1.807, 2.05) is 42.6 Å². The summed E-state index contributed by atoms with van der Waals surface area (Å²) in [4.78, 5) is 54.4. The number of piperidine rings is 2. The van der Waals surface area contributed by atoms with Crippen molar-refractivity contribution in [1.82, 2.24) is 39.5 Å². The van der Waals surface area contributed by atoms with Gasteiger partial charge in [-0.3, -0.25) is 24.0 Å². The highest BCUT2D eigenvalue weighted by molar-refractivity contribution is 6.00. The van der Waals surface area contributed by atoms with Gasteiger partial charge in [0.05, 0.1) is 22.4 Å². The molecule has 3 aliphatic rings. The number of anilines is 3. The van der Waals surface area contributed by atoms with Crippen LogP contribution < -0.4 is 26.5 Å². The normalized spacial score (nSPS) is 21.2. The molecule has 3 unspecified atom stereocenters. The average molecular weight is 760 g/mol. The Labute approximate surface area is 325 Å². The van der Waals surface area contributed by atoms with E-state index in [0.29, 0.717) is 34.9 Å². The van der Waals surface area contributed by atoms with Gasteiger partial charge in [-0.15, -0.1) is 10.2 Å². The second-order valence-corrected chi connectivity index (χ2v) is 15.5. The summed E-state index contributed by atoms with van der Waals surface area (Å²) in [5.74, 6) is 1.94. The van der Waals surface area contributed by atoms with Crippen molar-refractivity contribution in [3.8, 4) is 17.0 Å². The number of carbonyl (C=O) groups is 2. The molecule has 3 atom stereocenters. The number of rotatable bonds is 9. The van der Waals surface area contributed by atoms with Gasteiger partial charge in [-0.25, -0.2) is 14.8 Å². The third kappa shape index (κ3) is 7.18.